The van der Waals surface area contributed by atoms with Crippen LogP contribution in [-0.4, -0.2) is 23.7 Å². The topological polar surface area (TPSA) is 40.5 Å². The molecule has 1 heterocycles. The molecule has 0 aromatic heterocycles. The Kier molecular flexibility index (Phi) is 4.03. The summed E-state index contributed by atoms with van der Waals surface area (Å²) >= 11 is 0. The molecule has 0 amide bonds. The minimum absolute atomic E-state index is 0.596. The van der Waals surface area contributed by atoms with Crippen molar-refractivity contribution in [2.45, 2.75) is 32.2 Å². The summed E-state index contributed by atoms with van der Waals surface area (Å²) in [5.41, 5.74) is 2.15. The third kappa shape index (κ3) is 3.13. The van der Waals surface area contributed by atoms with Crippen LogP contribution in [-0.2, 0) is 4.79 Å². The predicted molar refractivity (Wildman–Crippen MR) is 73.8 cm³/mol. The van der Waals surface area contributed by atoms with E-state index in [0.29, 0.717) is 6.04 Å². The number of anilines is 1. The highest BCUT2D eigenvalue weighted by molar-refractivity contribution is 5.85. The SMILES string of the molecule is CC1CCCCN1c1ccc(/C=C/C(=O)O)cc1. The van der Waals surface area contributed by atoms with E-state index in [4.69, 9.17) is 5.11 Å². The first-order chi connectivity index (χ1) is 8.66. The van der Waals surface area contributed by atoms with E-state index in [1.165, 1.54) is 31.0 Å². The van der Waals surface area contributed by atoms with Crippen LogP contribution in [0.3, 0.4) is 0 Å². The van der Waals surface area contributed by atoms with E-state index in [0.717, 1.165) is 12.1 Å². The first-order valence-electron chi connectivity index (χ1n) is 6.44. The molecule has 1 aromatic carbocycles. The summed E-state index contributed by atoms with van der Waals surface area (Å²) in [6.07, 6.45) is 6.60. The first kappa shape index (κ1) is 12.7. The van der Waals surface area contributed by atoms with Crippen molar-refractivity contribution in [3.8, 4) is 0 Å². The molecule has 0 radical (unpaired) electrons. The normalized spacial score (nSPS) is 20.3. The minimum atomic E-state index is -0.913. The number of rotatable bonds is 3. The van der Waals surface area contributed by atoms with Gasteiger partial charge < -0.3 is 10.0 Å². The van der Waals surface area contributed by atoms with Gasteiger partial charge in [0, 0.05) is 24.4 Å². The molecule has 1 aromatic rings. The highest BCUT2D eigenvalue weighted by Crippen LogP contribution is 2.24. The van der Waals surface area contributed by atoms with Crippen LogP contribution in [0.5, 0.6) is 0 Å². The summed E-state index contributed by atoms with van der Waals surface area (Å²) in [6.45, 7) is 3.38. The van der Waals surface area contributed by atoms with Crippen LogP contribution in [0.4, 0.5) is 5.69 Å². The van der Waals surface area contributed by atoms with Crippen LogP contribution in [0.2, 0.25) is 0 Å². The van der Waals surface area contributed by atoms with Crippen molar-refractivity contribution >= 4 is 17.7 Å². The van der Waals surface area contributed by atoms with Gasteiger partial charge in [-0.05, 0) is 50.0 Å². The number of carboxylic acid groups (broad SMARTS) is 1. The molecule has 0 aliphatic carbocycles. The third-order valence-corrected chi connectivity index (χ3v) is 3.45. The molecule has 1 aliphatic heterocycles. The molecule has 1 fully saturated rings. The van der Waals surface area contributed by atoms with Crippen LogP contribution in [0.15, 0.2) is 30.3 Å². The van der Waals surface area contributed by atoms with Crippen LogP contribution in [0.1, 0.15) is 31.7 Å². The molecule has 2 rings (SSSR count). The number of hydrogen-bond donors (Lipinski definition) is 1. The molecule has 96 valence electrons. The highest BCUT2D eigenvalue weighted by Gasteiger charge is 2.17. The van der Waals surface area contributed by atoms with Gasteiger partial charge >= 0.3 is 5.97 Å². The average molecular weight is 245 g/mol. The Hall–Kier alpha value is -1.77. The fourth-order valence-corrected chi connectivity index (χ4v) is 2.43. The molecule has 1 unspecified atom stereocenters. The van der Waals surface area contributed by atoms with E-state index >= 15 is 0 Å². The number of aliphatic carboxylic acids is 1. The zero-order chi connectivity index (χ0) is 13.0. The smallest absolute Gasteiger partial charge is 0.328 e. The van der Waals surface area contributed by atoms with Crippen molar-refractivity contribution in [2.75, 3.05) is 11.4 Å². The molecule has 0 bridgehead atoms. The fourth-order valence-electron chi connectivity index (χ4n) is 2.43. The lowest BCUT2D eigenvalue weighted by Gasteiger charge is -2.35. The standard InChI is InChI=1S/C15H19NO2/c1-12-4-2-3-11-16(12)14-8-5-13(6-9-14)7-10-15(17)18/h5-10,12H,2-4,11H2,1H3,(H,17,18)/b10-7+. The van der Waals surface area contributed by atoms with Gasteiger partial charge in [0.2, 0.25) is 0 Å². The Morgan fingerprint density at radius 2 is 2.06 bits per heavy atom. The van der Waals surface area contributed by atoms with E-state index in [1.54, 1.807) is 6.08 Å². The maximum Gasteiger partial charge on any atom is 0.328 e. The number of carboxylic acids is 1. The fraction of sp³-hybridized carbons (Fsp3) is 0.400. The van der Waals surface area contributed by atoms with Crippen molar-refractivity contribution in [1.82, 2.24) is 0 Å². The first-order valence-corrected chi connectivity index (χ1v) is 6.44. The molecule has 0 saturated carbocycles. The van der Waals surface area contributed by atoms with Crippen molar-refractivity contribution in [3.05, 3.63) is 35.9 Å². The Bertz CT molecular complexity index is 436. The molecule has 3 nitrogen and oxygen atoms in total. The third-order valence-electron chi connectivity index (χ3n) is 3.45. The van der Waals surface area contributed by atoms with Crippen molar-refractivity contribution in [3.63, 3.8) is 0 Å². The Balaban J connectivity index is 2.09. The quantitative estimate of drug-likeness (QED) is 0.831. The lowest BCUT2D eigenvalue weighted by molar-refractivity contribution is -0.131. The zero-order valence-corrected chi connectivity index (χ0v) is 10.7. The van der Waals surface area contributed by atoms with Gasteiger partial charge in [-0.1, -0.05) is 12.1 Å². The molecular weight excluding hydrogens is 226 g/mol. The summed E-state index contributed by atoms with van der Waals surface area (Å²) in [5, 5.41) is 8.57. The lowest BCUT2D eigenvalue weighted by atomic mass is 10.0. The van der Waals surface area contributed by atoms with Gasteiger partial charge in [0.15, 0.2) is 0 Å². The predicted octanol–water partition coefficient (Wildman–Crippen LogP) is 3.16. The van der Waals surface area contributed by atoms with Crippen LogP contribution < -0.4 is 4.90 Å². The Morgan fingerprint density at radius 1 is 1.33 bits per heavy atom. The van der Waals surface area contributed by atoms with E-state index in [-0.39, 0.29) is 0 Å². The van der Waals surface area contributed by atoms with Gasteiger partial charge in [-0.3, -0.25) is 0 Å². The van der Waals surface area contributed by atoms with Gasteiger partial charge in [0.05, 0.1) is 0 Å². The van der Waals surface area contributed by atoms with E-state index < -0.39 is 5.97 Å². The second-order valence-electron chi connectivity index (χ2n) is 4.80. The van der Waals surface area contributed by atoms with Crippen LogP contribution in [0.25, 0.3) is 6.08 Å². The number of benzene rings is 1. The molecular formula is C15H19NO2. The minimum Gasteiger partial charge on any atom is -0.478 e. The van der Waals surface area contributed by atoms with Crippen molar-refractivity contribution in [1.29, 1.82) is 0 Å². The molecule has 1 atom stereocenters. The molecule has 1 N–H and O–H groups in total. The summed E-state index contributed by atoms with van der Waals surface area (Å²) in [5.74, 6) is -0.913. The molecule has 1 aliphatic rings. The number of carbonyl (C=O) groups is 1. The second kappa shape index (κ2) is 5.71. The van der Waals surface area contributed by atoms with E-state index in [2.05, 4.69) is 24.0 Å². The van der Waals surface area contributed by atoms with Gasteiger partial charge in [0.1, 0.15) is 0 Å². The molecule has 3 heteroatoms. The van der Waals surface area contributed by atoms with Crippen molar-refractivity contribution < 1.29 is 9.90 Å². The van der Waals surface area contributed by atoms with Crippen molar-refractivity contribution in [2.24, 2.45) is 0 Å². The summed E-state index contributed by atoms with van der Waals surface area (Å²) in [7, 11) is 0. The number of piperidine rings is 1. The Labute approximate surface area is 108 Å². The van der Waals surface area contributed by atoms with Gasteiger partial charge in [0.25, 0.3) is 0 Å². The van der Waals surface area contributed by atoms with Crippen LogP contribution in [0, 0.1) is 0 Å². The van der Waals surface area contributed by atoms with Gasteiger partial charge in [-0.25, -0.2) is 4.79 Å². The molecule has 0 spiro atoms. The zero-order valence-electron chi connectivity index (χ0n) is 10.7. The largest absolute Gasteiger partial charge is 0.478 e. The Morgan fingerprint density at radius 3 is 2.67 bits per heavy atom. The van der Waals surface area contributed by atoms with Gasteiger partial charge in [-0.2, -0.15) is 0 Å². The lowest BCUT2D eigenvalue weighted by Crippen LogP contribution is -2.37. The van der Waals surface area contributed by atoms with E-state index in [1.807, 2.05) is 12.1 Å². The van der Waals surface area contributed by atoms with Gasteiger partial charge in [-0.15, -0.1) is 0 Å². The monoisotopic (exact) mass is 245 g/mol. The summed E-state index contributed by atoms with van der Waals surface area (Å²) < 4.78 is 0. The van der Waals surface area contributed by atoms with E-state index in [9.17, 15) is 4.79 Å². The summed E-state index contributed by atoms with van der Waals surface area (Å²) in [6, 6.07) is 8.68. The average Bonchev–Trinajstić information content (AvgIpc) is 2.38. The van der Waals surface area contributed by atoms with Crippen LogP contribution >= 0.6 is 0 Å². The number of hydrogen-bond acceptors (Lipinski definition) is 2. The second-order valence-corrected chi connectivity index (χ2v) is 4.80. The summed E-state index contributed by atoms with van der Waals surface area (Å²) in [4.78, 5) is 12.9. The molecule has 1 saturated heterocycles. The number of nitrogens with zero attached hydrogens (tertiary/aromatic N) is 1. The maximum absolute atomic E-state index is 10.4. The molecule has 18 heavy (non-hydrogen) atoms. The highest BCUT2D eigenvalue weighted by atomic mass is 16.4. The maximum atomic E-state index is 10.4.